The third kappa shape index (κ3) is 6.68. The molecule has 198 valence electrons. The Hall–Kier alpha value is -3.94. The van der Waals surface area contributed by atoms with Gasteiger partial charge in [-0.1, -0.05) is 61.2 Å². The van der Waals surface area contributed by atoms with E-state index in [1.165, 1.54) is 0 Å². The monoisotopic (exact) mass is 512 g/mol. The van der Waals surface area contributed by atoms with Crippen molar-refractivity contribution in [3.05, 3.63) is 91.1 Å². The number of carbonyl (C=O) groups excluding carboxylic acids is 1. The summed E-state index contributed by atoms with van der Waals surface area (Å²) in [5, 5.41) is 7.20. The molecule has 38 heavy (non-hydrogen) atoms. The van der Waals surface area contributed by atoms with E-state index in [-0.39, 0.29) is 18.0 Å². The Labute approximate surface area is 224 Å². The Balaban J connectivity index is 1.58. The number of likely N-dealkylation sites (tertiary alicyclic amines) is 1. The summed E-state index contributed by atoms with van der Waals surface area (Å²) in [5.74, 6) is 0.825. The molecule has 0 bridgehead atoms. The molecular formula is C31H36N4O3. The molecule has 2 heterocycles. The molecule has 3 aromatic rings. The minimum atomic E-state index is -0.273. The van der Waals surface area contributed by atoms with Crippen molar-refractivity contribution in [2.24, 2.45) is 5.92 Å². The number of hydrogen-bond donors (Lipinski definition) is 2. The minimum absolute atomic E-state index is 0.0903. The number of nitrogens with zero attached hydrogens (tertiary/aromatic N) is 2. The largest absolute Gasteiger partial charge is 0.497 e. The number of nitrogens with one attached hydrogen (secondary N) is 2. The molecule has 7 nitrogen and oxygen atoms in total. The van der Waals surface area contributed by atoms with Gasteiger partial charge in [0.05, 0.1) is 36.7 Å². The SMILES string of the molecule is C=C(/C=C\C=C/C)[C@@H]1CN(CCOC)C[C@H]1NC(=O)Nc1cc2ccc(OC)cc2nc1-c1ccccc1. The topological polar surface area (TPSA) is 75.7 Å². The van der Waals surface area contributed by atoms with Gasteiger partial charge in [0.1, 0.15) is 5.75 Å². The molecule has 7 heteroatoms. The summed E-state index contributed by atoms with van der Waals surface area (Å²) in [5.41, 5.74) is 4.04. The summed E-state index contributed by atoms with van der Waals surface area (Å²) in [6.07, 6.45) is 7.96. The number of anilines is 1. The van der Waals surface area contributed by atoms with Crippen molar-refractivity contribution in [1.82, 2.24) is 15.2 Å². The maximum Gasteiger partial charge on any atom is 0.319 e. The first-order chi connectivity index (χ1) is 18.5. The van der Waals surface area contributed by atoms with Crippen LogP contribution in [0.5, 0.6) is 5.75 Å². The van der Waals surface area contributed by atoms with Gasteiger partial charge in [-0.05, 0) is 30.7 Å². The number of benzene rings is 2. The fraction of sp³-hybridized carbons (Fsp3) is 0.290. The molecule has 0 saturated carbocycles. The van der Waals surface area contributed by atoms with Crippen molar-refractivity contribution in [2.45, 2.75) is 13.0 Å². The first-order valence-corrected chi connectivity index (χ1v) is 12.8. The van der Waals surface area contributed by atoms with Gasteiger partial charge in [-0.3, -0.25) is 4.90 Å². The summed E-state index contributed by atoms with van der Waals surface area (Å²) in [6.45, 7) is 9.24. The number of fused-ring (bicyclic) bond motifs is 1. The van der Waals surface area contributed by atoms with Gasteiger partial charge in [-0.15, -0.1) is 0 Å². The summed E-state index contributed by atoms with van der Waals surface area (Å²) in [4.78, 5) is 20.6. The van der Waals surface area contributed by atoms with Crippen LogP contribution in [0.2, 0.25) is 0 Å². The highest BCUT2D eigenvalue weighted by Crippen LogP contribution is 2.31. The van der Waals surface area contributed by atoms with Gasteiger partial charge in [0, 0.05) is 49.7 Å². The van der Waals surface area contributed by atoms with E-state index in [2.05, 4.69) is 22.1 Å². The van der Waals surface area contributed by atoms with Gasteiger partial charge in [0.2, 0.25) is 0 Å². The van der Waals surface area contributed by atoms with E-state index in [1.807, 2.05) is 85.8 Å². The lowest BCUT2D eigenvalue weighted by molar-refractivity contribution is 0.159. The number of amides is 2. The molecule has 0 aliphatic carbocycles. The zero-order valence-corrected chi connectivity index (χ0v) is 22.3. The number of methoxy groups -OCH3 is 2. The predicted molar refractivity (Wildman–Crippen MR) is 155 cm³/mol. The molecular weight excluding hydrogens is 476 g/mol. The predicted octanol–water partition coefficient (Wildman–Crippen LogP) is 5.67. The van der Waals surface area contributed by atoms with Crippen LogP contribution in [0.4, 0.5) is 10.5 Å². The average Bonchev–Trinajstić information content (AvgIpc) is 3.34. The van der Waals surface area contributed by atoms with Crippen molar-refractivity contribution in [2.75, 3.05) is 45.8 Å². The number of rotatable bonds is 10. The van der Waals surface area contributed by atoms with E-state index in [4.69, 9.17) is 14.5 Å². The summed E-state index contributed by atoms with van der Waals surface area (Å²) >= 11 is 0. The van der Waals surface area contributed by atoms with Crippen molar-refractivity contribution < 1.29 is 14.3 Å². The fourth-order valence-corrected chi connectivity index (χ4v) is 4.74. The van der Waals surface area contributed by atoms with Crippen molar-refractivity contribution >= 4 is 22.6 Å². The zero-order valence-electron chi connectivity index (χ0n) is 22.3. The van der Waals surface area contributed by atoms with Crippen LogP contribution in [0.15, 0.2) is 91.1 Å². The standard InChI is InChI=1S/C31H36N4O3/c1-5-6-8-11-22(2)26-20-35(16-17-37-3)21-29(26)34-31(36)33-28-18-24-14-15-25(38-4)19-27(24)32-30(28)23-12-9-7-10-13-23/h5-15,18-19,26,29H,2,16-17,20-21H2,1,3-4H3,(H2,33,34,36)/b6-5-,11-8-/t26-,29+/m0/s1. The van der Waals surface area contributed by atoms with E-state index in [1.54, 1.807) is 14.2 Å². The average molecular weight is 513 g/mol. The Bertz CT molecular complexity index is 1320. The van der Waals surface area contributed by atoms with E-state index in [9.17, 15) is 4.79 Å². The number of urea groups is 1. The number of allylic oxidation sites excluding steroid dienone is 4. The maximum absolute atomic E-state index is 13.4. The third-order valence-electron chi connectivity index (χ3n) is 6.73. The Morgan fingerprint density at radius 3 is 2.68 bits per heavy atom. The van der Waals surface area contributed by atoms with Gasteiger partial charge in [0.25, 0.3) is 0 Å². The molecule has 0 radical (unpaired) electrons. The number of aromatic nitrogens is 1. The molecule has 0 spiro atoms. The summed E-state index contributed by atoms with van der Waals surface area (Å²) in [6, 6.07) is 17.2. The van der Waals surface area contributed by atoms with E-state index >= 15 is 0 Å². The van der Waals surface area contributed by atoms with Gasteiger partial charge in [-0.25, -0.2) is 9.78 Å². The molecule has 2 atom stereocenters. The molecule has 1 aliphatic rings. The lowest BCUT2D eigenvalue weighted by Crippen LogP contribution is -2.43. The zero-order chi connectivity index (χ0) is 26.9. The molecule has 4 rings (SSSR count). The third-order valence-corrected chi connectivity index (χ3v) is 6.73. The second kappa shape index (κ2) is 13.0. The summed E-state index contributed by atoms with van der Waals surface area (Å²) in [7, 11) is 3.34. The number of pyridine rings is 1. The Morgan fingerprint density at radius 1 is 1.13 bits per heavy atom. The van der Waals surface area contributed by atoms with Crippen LogP contribution in [-0.2, 0) is 4.74 Å². The van der Waals surface area contributed by atoms with Crippen LogP contribution in [0.3, 0.4) is 0 Å². The van der Waals surface area contributed by atoms with Gasteiger partial charge >= 0.3 is 6.03 Å². The van der Waals surface area contributed by atoms with Crippen LogP contribution < -0.4 is 15.4 Å². The van der Waals surface area contributed by atoms with Gasteiger partial charge in [0.15, 0.2) is 0 Å². The van der Waals surface area contributed by atoms with Crippen LogP contribution in [0.25, 0.3) is 22.2 Å². The molecule has 2 N–H and O–H groups in total. The Kier molecular flexibility index (Phi) is 9.30. The highest BCUT2D eigenvalue weighted by atomic mass is 16.5. The minimum Gasteiger partial charge on any atom is -0.497 e. The van der Waals surface area contributed by atoms with Crippen molar-refractivity contribution in [3.8, 4) is 17.0 Å². The molecule has 2 aromatic carbocycles. The quantitative estimate of drug-likeness (QED) is 0.343. The highest BCUT2D eigenvalue weighted by molar-refractivity contribution is 5.98. The van der Waals surface area contributed by atoms with E-state index in [0.717, 1.165) is 47.4 Å². The summed E-state index contributed by atoms with van der Waals surface area (Å²) < 4.78 is 10.7. The lowest BCUT2D eigenvalue weighted by Gasteiger charge is -2.21. The molecule has 1 aliphatic heterocycles. The molecule has 1 aromatic heterocycles. The Morgan fingerprint density at radius 2 is 1.95 bits per heavy atom. The van der Waals surface area contributed by atoms with E-state index < -0.39 is 0 Å². The first kappa shape index (κ1) is 27.1. The van der Waals surface area contributed by atoms with E-state index in [0.29, 0.717) is 18.0 Å². The highest BCUT2D eigenvalue weighted by Gasteiger charge is 2.34. The van der Waals surface area contributed by atoms with Crippen LogP contribution in [-0.4, -0.2) is 62.4 Å². The van der Waals surface area contributed by atoms with Crippen LogP contribution >= 0.6 is 0 Å². The lowest BCUT2D eigenvalue weighted by atomic mass is 9.95. The second-order valence-electron chi connectivity index (χ2n) is 9.33. The van der Waals surface area contributed by atoms with Gasteiger partial charge < -0.3 is 20.1 Å². The smallest absolute Gasteiger partial charge is 0.319 e. The molecule has 0 unspecified atom stereocenters. The number of hydrogen-bond acceptors (Lipinski definition) is 5. The molecule has 1 saturated heterocycles. The second-order valence-corrected chi connectivity index (χ2v) is 9.33. The van der Waals surface area contributed by atoms with Crippen molar-refractivity contribution in [1.29, 1.82) is 0 Å². The fourth-order valence-electron chi connectivity index (χ4n) is 4.74. The normalized spacial score (nSPS) is 17.9. The maximum atomic E-state index is 13.4. The first-order valence-electron chi connectivity index (χ1n) is 12.8. The number of ether oxygens (including phenoxy) is 2. The number of carbonyl (C=O) groups is 1. The van der Waals surface area contributed by atoms with Gasteiger partial charge in [-0.2, -0.15) is 0 Å². The van der Waals surface area contributed by atoms with Crippen LogP contribution in [0, 0.1) is 5.92 Å². The molecule has 1 fully saturated rings. The van der Waals surface area contributed by atoms with Crippen LogP contribution in [0.1, 0.15) is 6.92 Å². The van der Waals surface area contributed by atoms with Crippen molar-refractivity contribution in [3.63, 3.8) is 0 Å². The molecule has 2 amide bonds.